The van der Waals surface area contributed by atoms with Crippen molar-refractivity contribution < 1.29 is 4.79 Å². The Labute approximate surface area is 155 Å². The molecule has 1 aromatic carbocycles. The summed E-state index contributed by atoms with van der Waals surface area (Å²) in [5, 5.41) is 3.89. The van der Waals surface area contributed by atoms with Gasteiger partial charge in [-0.3, -0.25) is 15.1 Å². The highest BCUT2D eigenvalue weighted by Gasteiger charge is 2.35. The van der Waals surface area contributed by atoms with Crippen molar-refractivity contribution in [1.82, 2.24) is 21.1 Å². The number of likely N-dealkylation sites (N-methyl/N-ethyl adjacent to an activating group) is 1. The average molecular weight is 365 g/mol. The Balaban J connectivity index is 1.56. The minimum atomic E-state index is 0.122. The molecule has 0 saturated carbocycles. The van der Waals surface area contributed by atoms with E-state index in [4.69, 9.17) is 11.6 Å². The minimum Gasteiger partial charge on any atom is -0.355 e. The van der Waals surface area contributed by atoms with Gasteiger partial charge in [0.05, 0.1) is 6.04 Å². The number of carbonyl (C=O) groups is 1. The Morgan fingerprint density at radius 2 is 2.08 bits per heavy atom. The van der Waals surface area contributed by atoms with Gasteiger partial charge in [0.2, 0.25) is 5.91 Å². The SMILES string of the molecule is CCN1CCCC1CNC(=O)CC1C(C)NNC1c1ccc(Cl)cc1. The Bertz CT molecular complexity index is 579. The molecule has 0 bridgehead atoms. The number of likely N-dealkylation sites (tertiary alicyclic amines) is 1. The lowest BCUT2D eigenvalue weighted by molar-refractivity contribution is -0.122. The molecule has 2 saturated heterocycles. The highest BCUT2D eigenvalue weighted by atomic mass is 35.5. The van der Waals surface area contributed by atoms with Crippen molar-refractivity contribution in [2.45, 2.75) is 51.2 Å². The van der Waals surface area contributed by atoms with Crippen molar-refractivity contribution in [3.8, 4) is 0 Å². The molecule has 0 radical (unpaired) electrons. The van der Waals surface area contributed by atoms with E-state index >= 15 is 0 Å². The molecule has 3 N–H and O–H groups in total. The van der Waals surface area contributed by atoms with E-state index in [2.05, 4.69) is 34.9 Å². The number of hydrogen-bond acceptors (Lipinski definition) is 4. The number of rotatable bonds is 6. The Hall–Kier alpha value is -1.14. The van der Waals surface area contributed by atoms with Crippen LogP contribution < -0.4 is 16.2 Å². The lowest BCUT2D eigenvalue weighted by Gasteiger charge is -2.24. The summed E-state index contributed by atoms with van der Waals surface area (Å²) in [6, 6.07) is 8.72. The van der Waals surface area contributed by atoms with Crippen molar-refractivity contribution in [2.75, 3.05) is 19.6 Å². The number of benzene rings is 1. The average Bonchev–Trinajstić information content (AvgIpc) is 3.21. The number of hydrogen-bond donors (Lipinski definition) is 3. The van der Waals surface area contributed by atoms with Crippen molar-refractivity contribution in [3.05, 3.63) is 34.9 Å². The molecule has 0 aromatic heterocycles. The van der Waals surface area contributed by atoms with Gasteiger partial charge in [-0.05, 0) is 50.6 Å². The summed E-state index contributed by atoms with van der Waals surface area (Å²) in [5.74, 6) is 0.358. The Kier molecular flexibility index (Phi) is 6.34. The predicted octanol–water partition coefficient (Wildman–Crippen LogP) is 2.48. The van der Waals surface area contributed by atoms with Crippen molar-refractivity contribution in [2.24, 2.45) is 5.92 Å². The van der Waals surface area contributed by atoms with E-state index in [0.29, 0.717) is 12.5 Å². The molecule has 4 unspecified atom stereocenters. The topological polar surface area (TPSA) is 56.4 Å². The van der Waals surface area contributed by atoms with Gasteiger partial charge in [-0.15, -0.1) is 0 Å². The fourth-order valence-electron chi connectivity index (χ4n) is 4.08. The van der Waals surface area contributed by atoms with Gasteiger partial charge >= 0.3 is 0 Å². The molecule has 2 heterocycles. The van der Waals surface area contributed by atoms with E-state index in [0.717, 1.165) is 30.2 Å². The molecule has 0 aliphatic carbocycles. The van der Waals surface area contributed by atoms with Crippen LogP contribution in [0.2, 0.25) is 5.02 Å². The number of halogens is 1. The van der Waals surface area contributed by atoms with Crippen LogP contribution >= 0.6 is 11.6 Å². The summed E-state index contributed by atoms with van der Waals surface area (Å²) in [7, 11) is 0. The fraction of sp³-hybridized carbons (Fsp3) is 0.632. The van der Waals surface area contributed by atoms with E-state index in [1.165, 1.54) is 12.8 Å². The van der Waals surface area contributed by atoms with Gasteiger partial charge in [0.15, 0.2) is 0 Å². The lowest BCUT2D eigenvalue weighted by atomic mass is 9.87. The van der Waals surface area contributed by atoms with E-state index in [1.54, 1.807) is 0 Å². The molecule has 2 fully saturated rings. The molecule has 25 heavy (non-hydrogen) atoms. The summed E-state index contributed by atoms with van der Waals surface area (Å²) in [4.78, 5) is 15.0. The Morgan fingerprint density at radius 1 is 1.32 bits per heavy atom. The fourth-order valence-corrected chi connectivity index (χ4v) is 4.21. The molecule has 2 aliphatic rings. The van der Waals surface area contributed by atoms with Crippen molar-refractivity contribution in [1.29, 1.82) is 0 Å². The molecule has 2 aliphatic heterocycles. The highest BCUT2D eigenvalue weighted by molar-refractivity contribution is 6.30. The van der Waals surface area contributed by atoms with Gasteiger partial charge in [-0.2, -0.15) is 0 Å². The maximum Gasteiger partial charge on any atom is 0.220 e. The quantitative estimate of drug-likeness (QED) is 0.726. The first-order valence-electron chi connectivity index (χ1n) is 9.35. The lowest BCUT2D eigenvalue weighted by Crippen LogP contribution is -2.41. The summed E-state index contributed by atoms with van der Waals surface area (Å²) in [5.41, 5.74) is 7.77. The standard InChI is InChI=1S/C19H29ClN4O/c1-3-24-10-4-5-16(24)12-21-18(25)11-17-13(2)22-23-19(17)14-6-8-15(20)9-7-14/h6-9,13,16-17,19,22-23H,3-5,10-12H2,1-2H3,(H,21,25). The van der Waals surface area contributed by atoms with Crippen LogP contribution in [-0.4, -0.2) is 42.5 Å². The van der Waals surface area contributed by atoms with Gasteiger partial charge < -0.3 is 5.32 Å². The normalized spacial score (nSPS) is 29.9. The molecule has 5 nitrogen and oxygen atoms in total. The molecule has 0 spiro atoms. The molecule has 138 valence electrons. The van der Waals surface area contributed by atoms with Crippen LogP contribution in [0.15, 0.2) is 24.3 Å². The number of nitrogens with one attached hydrogen (secondary N) is 3. The second kappa shape index (κ2) is 8.49. The first-order valence-corrected chi connectivity index (χ1v) is 9.73. The van der Waals surface area contributed by atoms with Crippen LogP contribution in [-0.2, 0) is 4.79 Å². The molecular formula is C19H29ClN4O. The zero-order valence-corrected chi connectivity index (χ0v) is 15.9. The van der Waals surface area contributed by atoms with Gasteiger partial charge in [-0.25, -0.2) is 5.43 Å². The van der Waals surface area contributed by atoms with Crippen LogP contribution in [0, 0.1) is 5.92 Å². The number of carbonyl (C=O) groups excluding carboxylic acids is 1. The van der Waals surface area contributed by atoms with Crippen LogP contribution in [0.3, 0.4) is 0 Å². The third-order valence-electron chi connectivity index (χ3n) is 5.63. The minimum absolute atomic E-state index is 0.122. The molecular weight excluding hydrogens is 336 g/mol. The summed E-state index contributed by atoms with van der Waals surface area (Å²) < 4.78 is 0. The first kappa shape index (κ1) is 18.6. The zero-order valence-electron chi connectivity index (χ0n) is 15.1. The molecule has 1 amide bonds. The number of hydrazine groups is 1. The predicted molar refractivity (Wildman–Crippen MR) is 101 cm³/mol. The van der Waals surface area contributed by atoms with Gasteiger partial charge in [0, 0.05) is 36.0 Å². The van der Waals surface area contributed by atoms with Gasteiger partial charge in [-0.1, -0.05) is 30.7 Å². The molecule has 3 rings (SSSR count). The third kappa shape index (κ3) is 4.53. The van der Waals surface area contributed by atoms with Crippen molar-refractivity contribution in [3.63, 3.8) is 0 Å². The van der Waals surface area contributed by atoms with E-state index in [1.807, 2.05) is 24.3 Å². The van der Waals surface area contributed by atoms with Crippen LogP contribution in [0.5, 0.6) is 0 Å². The second-order valence-corrected chi connectivity index (χ2v) is 7.64. The molecule has 6 heteroatoms. The van der Waals surface area contributed by atoms with Crippen LogP contribution in [0.25, 0.3) is 0 Å². The van der Waals surface area contributed by atoms with Crippen LogP contribution in [0.4, 0.5) is 0 Å². The van der Waals surface area contributed by atoms with Gasteiger partial charge in [0.25, 0.3) is 0 Å². The molecule has 1 aromatic rings. The summed E-state index contributed by atoms with van der Waals surface area (Å²) in [6.45, 7) is 7.29. The van der Waals surface area contributed by atoms with Crippen molar-refractivity contribution >= 4 is 17.5 Å². The second-order valence-electron chi connectivity index (χ2n) is 7.20. The molecule has 4 atom stereocenters. The highest BCUT2D eigenvalue weighted by Crippen LogP contribution is 2.31. The monoisotopic (exact) mass is 364 g/mol. The smallest absolute Gasteiger partial charge is 0.220 e. The largest absolute Gasteiger partial charge is 0.355 e. The maximum absolute atomic E-state index is 12.5. The van der Waals surface area contributed by atoms with E-state index in [-0.39, 0.29) is 23.9 Å². The maximum atomic E-state index is 12.5. The number of amides is 1. The van der Waals surface area contributed by atoms with Gasteiger partial charge in [0.1, 0.15) is 0 Å². The Morgan fingerprint density at radius 3 is 2.80 bits per heavy atom. The zero-order chi connectivity index (χ0) is 17.8. The summed E-state index contributed by atoms with van der Waals surface area (Å²) >= 11 is 5.99. The summed E-state index contributed by atoms with van der Waals surface area (Å²) in [6.07, 6.45) is 2.94. The third-order valence-corrected chi connectivity index (χ3v) is 5.88. The van der Waals surface area contributed by atoms with Crippen LogP contribution in [0.1, 0.15) is 44.7 Å². The van der Waals surface area contributed by atoms with E-state index < -0.39 is 0 Å². The van der Waals surface area contributed by atoms with E-state index in [9.17, 15) is 4.79 Å². The first-order chi connectivity index (χ1) is 12.1. The number of nitrogens with zero attached hydrogens (tertiary/aromatic N) is 1.